The molecular formula is C47H36FN5Si. The van der Waals surface area contributed by atoms with E-state index in [-0.39, 0.29) is 11.8 Å². The Morgan fingerprint density at radius 3 is 2.39 bits per heavy atom. The number of nitrogens with zero attached hydrogens (tertiary/aromatic N) is 5. The fraction of sp³-hybridized carbons (Fsp3) is 0.106. The molecule has 0 saturated carbocycles. The summed E-state index contributed by atoms with van der Waals surface area (Å²) in [6, 6.07) is 44.8. The van der Waals surface area contributed by atoms with Gasteiger partial charge in [0.2, 0.25) is 0 Å². The molecule has 0 amide bonds. The maximum Gasteiger partial charge on any atom is 0.150 e. The van der Waals surface area contributed by atoms with Gasteiger partial charge in [-0.25, -0.2) is 14.4 Å². The Bertz CT molecular complexity index is 2870. The Labute approximate surface area is 314 Å². The Balaban J connectivity index is 1.05. The van der Waals surface area contributed by atoms with Crippen molar-refractivity contribution < 1.29 is 4.39 Å². The highest BCUT2D eigenvalue weighted by Crippen LogP contribution is 2.48. The van der Waals surface area contributed by atoms with Crippen LogP contribution in [0.15, 0.2) is 170 Å². The van der Waals surface area contributed by atoms with Crippen LogP contribution in [0.3, 0.4) is 0 Å². The van der Waals surface area contributed by atoms with E-state index in [1.54, 1.807) is 0 Å². The van der Waals surface area contributed by atoms with E-state index in [9.17, 15) is 0 Å². The average molecular weight is 718 g/mol. The Morgan fingerprint density at radius 1 is 0.667 bits per heavy atom. The van der Waals surface area contributed by atoms with Gasteiger partial charge in [0.1, 0.15) is 19.7 Å². The normalized spacial score (nSPS) is 18.4. The third-order valence-corrected chi connectivity index (χ3v) is 15.4. The van der Waals surface area contributed by atoms with Crippen molar-refractivity contribution in [3.63, 3.8) is 0 Å². The number of para-hydroxylation sites is 3. The maximum absolute atomic E-state index is 17.0. The molecule has 260 valence electrons. The minimum atomic E-state index is -2.24. The molecule has 3 aliphatic rings. The Kier molecular flexibility index (Phi) is 6.71. The van der Waals surface area contributed by atoms with Crippen molar-refractivity contribution in [1.82, 2.24) is 19.1 Å². The first-order valence-corrected chi connectivity index (χ1v) is 21.6. The molecule has 3 unspecified atom stereocenters. The molecule has 3 aromatic heterocycles. The second kappa shape index (κ2) is 11.6. The summed E-state index contributed by atoms with van der Waals surface area (Å²) in [5.41, 5.74) is 9.15. The quantitative estimate of drug-likeness (QED) is 0.170. The third kappa shape index (κ3) is 4.42. The van der Waals surface area contributed by atoms with E-state index in [0.29, 0.717) is 11.1 Å². The summed E-state index contributed by atoms with van der Waals surface area (Å²) in [4.78, 5) is 12.1. The van der Waals surface area contributed by atoms with Crippen LogP contribution in [-0.4, -0.2) is 27.2 Å². The predicted molar refractivity (Wildman–Crippen MR) is 220 cm³/mol. The van der Waals surface area contributed by atoms with Gasteiger partial charge in [-0.1, -0.05) is 104 Å². The van der Waals surface area contributed by atoms with Crippen LogP contribution in [0.25, 0.3) is 33.2 Å². The van der Waals surface area contributed by atoms with Gasteiger partial charge in [-0.15, -0.1) is 0 Å². The standard InChI is InChI=1S/C47H36FN5Si/c1-54(2)43-20-11-23-49-47(43)53(42-28-37-36-17-7-9-19-40(36)52(41(37)29-44(42)54)32-13-4-3-5-14-32)33-15-10-12-30(26-33)45(48)31-21-22-34-35-16-6-8-18-39(35)51-25-24-50-46(51)38(34)27-31/h3-29,34,38,45H,1-2H3. The molecule has 0 N–H and O–H groups in total. The topological polar surface area (TPSA) is 38.9 Å². The molecule has 2 aliphatic heterocycles. The van der Waals surface area contributed by atoms with Crippen molar-refractivity contribution in [2.75, 3.05) is 4.90 Å². The second-order valence-electron chi connectivity index (χ2n) is 15.2. The summed E-state index contributed by atoms with van der Waals surface area (Å²) < 4.78 is 21.5. The van der Waals surface area contributed by atoms with E-state index < -0.39 is 14.2 Å². The van der Waals surface area contributed by atoms with Crippen molar-refractivity contribution in [3.05, 3.63) is 187 Å². The number of pyridine rings is 1. The van der Waals surface area contributed by atoms with Crippen LogP contribution in [-0.2, 0) is 0 Å². The molecule has 1 aliphatic carbocycles. The highest BCUT2D eigenvalue weighted by atomic mass is 28.3. The van der Waals surface area contributed by atoms with Crippen molar-refractivity contribution in [1.29, 1.82) is 0 Å². The molecule has 54 heavy (non-hydrogen) atoms. The summed E-state index contributed by atoms with van der Waals surface area (Å²) in [7, 11) is -2.24. The molecule has 0 bridgehead atoms. The number of hydrogen-bond donors (Lipinski definition) is 0. The highest BCUT2D eigenvalue weighted by Gasteiger charge is 2.41. The van der Waals surface area contributed by atoms with E-state index >= 15 is 4.39 Å². The van der Waals surface area contributed by atoms with E-state index in [1.165, 1.54) is 37.7 Å². The molecule has 8 aromatic rings. The van der Waals surface area contributed by atoms with Crippen LogP contribution in [0.5, 0.6) is 0 Å². The van der Waals surface area contributed by atoms with E-state index in [0.717, 1.165) is 34.4 Å². The number of fused-ring (bicyclic) bond motifs is 11. The molecule has 3 atom stereocenters. The first-order valence-electron chi connectivity index (χ1n) is 18.6. The third-order valence-electron chi connectivity index (χ3n) is 11.9. The second-order valence-corrected chi connectivity index (χ2v) is 19.5. The van der Waals surface area contributed by atoms with E-state index in [2.05, 4.69) is 142 Å². The number of rotatable bonds is 4. The lowest BCUT2D eigenvalue weighted by Gasteiger charge is -2.40. The monoisotopic (exact) mass is 717 g/mol. The van der Waals surface area contributed by atoms with Crippen LogP contribution in [0.1, 0.15) is 35.0 Å². The van der Waals surface area contributed by atoms with Crippen molar-refractivity contribution in [3.8, 4) is 11.4 Å². The van der Waals surface area contributed by atoms with Gasteiger partial charge in [0.15, 0.2) is 6.17 Å². The van der Waals surface area contributed by atoms with Crippen LogP contribution >= 0.6 is 0 Å². The molecule has 11 rings (SSSR count). The van der Waals surface area contributed by atoms with Gasteiger partial charge in [-0.05, 0) is 81.7 Å². The van der Waals surface area contributed by atoms with Gasteiger partial charge in [0, 0.05) is 58.3 Å². The van der Waals surface area contributed by atoms with Gasteiger partial charge in [-0.2, -0.15) is 0 Å². The minimum Gasteiger partial charge on any atom is -0.309 e. The molecule has 5 nitrogen and oxygen atoms in total. The largest absolute Gasteiger partial charge is 0.309 e. The Hall–Kier alpha value is -6.31. The minimum absolute atomic E-state index is 0.0472. The lowest BCUT2D eigenvalue weighted by molar-refractivity contribution is 0.397. The zero-order valence-electron chi connectivity index (χ0n) is 29.9. The van der Waals surface area contributed by atoms with Crippen molar-refractivity contribution in [2.24, 2.45) is 0 Å². The number of anilines is 3. The SMILES string of the molecule is C[Si]1(C)c2cc3c(cc2N(c2cccc(C(F)C4=CC5c6nccn6-c6ccccc6C5C=C4)c2)c2ncccc21)c1ccccc1n3-c1ccccc1. The number of imidazole rings is 1. The van der Waals surface area contributed by atoms with Crippen LogP contribution in [0.2, 0.25) is 13.1 Å². The van der Waals surface area contributed by atoms with E-state index in [1.807, 2.05) is 48.9 Å². The van der Waals surface area contributed by atoms with Gasteiger partial charge in [0.25, 0.3) is 0 Å². The summed E-state index contributed by atoms with van der Waals surface area (Å²) in [5, 5.41) is 4.97. The zero-order chi connectivity index (χ0) is 36.1. The lowest BCUT2D eigenvalue weighted by atomic mass is 9.77. The molecule has 0 fully saturated rings. The zero-order valence-corrected chi connectivity index (χ0v) is 30.9. The number of benzene rings is 5. The van der Waals surface area contributed by atoms with Gasteiger partial charge in [0.05, 0.1) is 16.7 Å². The Morgan fingerprint density at radius 2 is 1.48 bits per heavy atom. The summed E-state index contributed by atoms with van der Waals surface area (Å²) in [6.45, 7) is 4.84. The van der Waals surface area contributed by atoms with Crippen molar-refractivity contribution >= 4 is 57.4 Å². The average Bonchev–Trinajstić information content (AvgIpc) is 3.84. The molecule has 5 heterocycles. The number of halogens is 1. The maximum atomic E-state index is 17.0. The molecule has 0 saturated heterocycles. The molecule has 0 radical (unpaired) electrons. The summed E-state index contributed by atoms with van der Waals surface area (Å²) >= 11 is 0. The van der Waals surface area contributed by atoms with Gasteiger partial charge < -0.3 is 9.13 Å². The van der Waals surface area contributed by atoms with Crippen LogP contribution in [0.4, 0.5) is 21.6 Å². The number of hydrogen-bond acceptors (Lipinski definition) is 3. The van der Waals surface area contributed by atoms with Gasteiger partial charge >= 0.3 is 0 Å². The van der Waals surface area contributed by atoms with Gasteiger partial charge in [-0.3, -0.25) is 4.90 Å². The number of aromatic nitrogens is 4. The fourth-order valence-electron chi connectivity index (χ4n) is 9.30. The molecular weight excluding hydrogens is 682 g/mol. The van der Waals surface area contributed by atoms with Crippen molar-refractivity contribution in [2.45, 2.75) is 31.1 Å². The van der Waals surface area contributed by atoms with E-state index in [4.69, 9.17) is 9.97 Å². The van der Waals surface area contributed by atoms with Crippen LogP contribution in [0, 0.1) is 0 Å². The first kappa shape index (κ1) is 31.2. The van der Waals surface area contributed by atoms with Crippen LogP contribution < -0.4 is 15.3 Å². The highest BCUT2D eigenvalue weighted by molar-refractivity contribution is 7.02. The first-order chi connectivity index (χ1) is 26.5. The number of allylic oxidation sites excluding steroid dienone is 4. The molecule has 7 heteroatoms. The summed E-state index contributed by atoms with van der Waals surface area (Å²) in [6.07, 6.45) is 10.7. The number of alkyl halides is 1. The molecule has 0 spiro atoms. The summed E-state index contributed by atoms with van der Waals surface area (Å²) in [5.74, 6) is 1.94. The molecule has 5 aromatic carbocycles. The lowest BCUT2D eigenvalue weighted by Crippen LogP contribution is -2.58. The fourth-order valence-corrected chi connectivity index (χ4v) is 12.2. The predicted octanol–water partition coefficient (Wildman–Crippen LogP) is 10.4. The smallest absolute Gasteiger partial charge is 0.150 e.